The lowest BCUT2D eigenvalue weighted by Crippen LogP contribution is -2.81. The summed E-state index contributed by atoms with van der Waals surface area (Å²) in [5.41, 5.74) is -11.4. The van der Waals surface area contributed by atoms with Crippen LogP contribution in [-0.2, 0) is 12.0 Å². The second-order valence-electron chi connectivity index (χ2n) is 14.2. The summed E-state index contributed by atoms with van der Waals surface area (Å²) >= 11 is 0. The normalized spacial score (nSPS) is 11.9. The zero-order valence-electron chi connectivity index (χ0n) is 31.0. The molecule has 0 unspecified atom stereocenters. The molecule has 0 atom stereocenters. The van der Waals surface area contributed by atoms with E-state index in [9.17, 15) is 52.7 Å². The van der Waals surface area contributed by atoms with E-state index >= 15 is 35.1 Å². The van der Waals surface area contributed by atoms with Gasteiger partial charge in [-0.15, -0.1) is 21.9 Å². The highest BCUT2D eigenvalue weighted by atomic mass is 19.2. The fourth-order valence-electron chi connectivity index (χ4n) is 6.95. The van der Waals surface area contributed by atoms with Crippen molar-refractivity contribution in [1.29, 1.82) is 0 Å². The number of pyridine rings is 1. The Kier molecular flexibility index (Phi) is 12.9. The molecule has 328 valence electrons. The third kappa shape index (κ3) is 7.39. The third-order valence-corrected chi connectivity index (χ3v) is 9.61. The van der Waals surface area contributed by atoms with Gasteiger partial charge in [-0.2, -0.15) is 4.57 Å². The van der Waals surface area contributed by atoms with Gasteiger partial charge in [0.15, 0.2) is 88.2 Å². The van der Waals surface area contributed by atoms with E-state index in [1.807, 2.05) is 0 Å². The molecule has 0 bridgehead atoms. The van der Waals surface area contributed by atoms with E-state index in [0.29, 0.717) is 0 Å². The van der Waals surface area contributed by atoms with Crippen LogP contribution in [0.4, 0.5) is 87.8 Å². The molecule has 0 aliphatic heterocycles. The summed E-state index contributed by atoms with van der Waals surface area (Å²) in [6, 6.07) is 17.0. The molecule has 0 amide bonds. The number of hydrogen-bond acceptors (Lipinski definition) is 0. The van der Waals surface area contributed by atoms with Gasteiger partial charge < -0.3 is 0 Å². The summed E-state index contributed by atoms with van der Waals surface area (Å²) in [7, 11) is 0. The lowest BCUT2D eigenvalue weighted by atomic mass is 9.12. The van der Waals surface area contributed by atoms with Crippen molar-refractivity contribution in [1.82, 2.24) is 0 Å². The number of nitrogens with zero attached hydrogens (tertiary/aromatic N) is 1. The highest BCUT2D eigenvalue weighted by molar-refractivity contribution is 7.20. The first-order chi connectivity index (χ1) is 28.8. The standard InChI is InChI=1S/C24BF20.C16H20N/c26-5-1(6(27)14(35)21(42)13(5)34)25(2-7(28)15(36)22(43)16(37)8(2)29,3-9(30)17(38)23(44)18(39)10(3)31)4-11(32)19(40)24(45)20(41)12(4)33;1-16(2,3)15-11-7-8-12-17(15)13-14-9-5-4-6-10-14/h;4-12H,13H2,1-3H3/q-1;+1. The molecule has 5 aromatic carbocycles. The summed E-state index contributed by atoms with van der Waals surface area (Å²) < 4.78 is 296. The summed E-state index contributed by atoms with van der Waals surface area (Å²) in [6.07, 6.45) is -5.06. The van der Waals surface area contributed by atoms with Crippen LogP contribution in [0.1, 0.15) is 32.0 Å². The second-order valence-corrected chi connectivity index (χ2v) is 14.2. The first-order valence-electron chi connectivity index (χ1n) is 17.0. The van der Waals surface area contributed by atoms with Gasteiger partial charge in [0.2, 0.25) is 0 Å². The molecule has 62 heavy (non-hydrogen) atoms. The lowest BCUT2D eigenvalue weighted by molar-refractivity contribution is -0.698. The maximum atomic E-state index is 15.4. The average molecular weight is 905 g/mol. The van der Waals surface area contributed by atoms with Crippen molar-refractivity contribution in [2.75, 3.05) is 0 Å². The molecule has 0 fully saturated rings. The van der Waals surface area contributed by atoms with E-state index in [2.05, 4.69) is 80.1 Å². The number of hydrogen-bond donors (Lipinski definition) is 0. The van der Waals surface area contributed by atoms with Gasteiger partial charge in [0, 0.05) is 23.1 Å². The van der Waals surface area contributed by atoms with Gasteiger partial charge in [0.25, 0.3) is 0 Å². The van der Waals surface area contributed by atoms with E-state index < -0.39 is 144 Å². The predicted octanol–water partition coefficient (Wildman–Crippen LogP) is 9.17. The molecule has 6 rings (SSSR count). The molecule has 0 N–H and O–H groups in total. The first kappa shape index (κ1) is 47.0. The molecule has 1 nitrogen and oxygen atoms in total. The number of rotatable bonds is 6. The van der Waals surface area contributed by atoms with Crippen molar-refractivity contribution in [2.45, 2.75) is 32.7 Å². The number of benzene rings is 5. The number of aromatic nitrogens is 1. The zero-order chi connectivity index (χ0) is 46.7. The minimum absolute atomic E-state index is 0.177. The van der Waals surface area contributed by atoms with Gasteiger partial charge in [0.1, 0.15) is 52.7 Å². The Morgan fingerprint density at radius 3 is 0.839 bits per heavy atom. The quantitative estimate of drug-likeness (QED) is 0.0517. The Hall–Kier alpha value is -6.09. The summed E-state index contributed by atoms with van der Waals surface area (Å²) in [5, 5.41) is 0. The topological polar surface area (TPSA) is 3.88 Å². The van der Waals surface area contributed by atoms with Gasteiger partial charge in [-0.25, -0.2) is 87.8 Å². The van der Waals surface area contributed by atoms with E-state index in [1.54, 1.807) is 0 Å². The molecule has 0 spiro atoms. The van der Waals surface area contributed by atoms with Crippen LogP contribution >= 0.6 is 0 Å². The minimum atomic E-state index is -7.22. The van der Waals surface area contributed by atoms with Crippen molar-refractivity contribution in [2.24, 2.45) is 0 Å². The van der Waals surface area contributed by atoms with E-state index in [4.69, 9.17) is 0 Å². The average Bonchev–Trinajstić information content (AvgIpc) is 3.24. The fraction of sp³-hybridized carbons (Fsp3) is 0.125. The summed E-state index contributed by atoms with van der Waals surface area (Å²) in [6.45, 7) is 7.70. The van der Waals surface area contributed by atoms with Gasteiger partial charge in [-0.05, 0) is 0 Å². The molecule has 0 saturated heterocycles. The smallest absolute Gasteiger partial charge is 0.200 e. The van der Waals surface area contributed by atoms with E-state index in [-0.39, 0.29) is 5.41 Å². The molecular formula is C40H20BF20N. The molecule has 1 heterocycles. The zero-order valence-corrected chi connectivity index (χ0v) is 31.0. The molecule has 0 saturated carbocycles. The number of halogens is 20. The first-order valence-corrected chi connectivity index (χ1v) is 17.0. The van der Waals surface area contributed by atoms with Gasteiger partial charge >= 0.3 is 0 Å². The molecule has 1 aromatic heterocycles. The Balaban J connectivity index is 0.000000355. The maximum Gasteiger partial charge on any atom is 0.200 e. The van der Waals surface area contributed by atoms with Crippen LogP contribution in [-0.4, -0.2) is 6.15 Å². The van der Waals surface area contributed by atoms with Crippen LogP contribution in [0.2, 0.25) is 0 Å². The molecule has 0 radical (unpaired) electrons. The van der Waals surface area contributed by atoms with Crippen LogP contribution in [0.15, 0.2) is 54.7 Å². The monoisotopic (exact) mass is 905 g/mol. The van der Waals surface area contributed by atoms with Gasteiger partial charge in [0.05, 0.1) is 0 Å². The molecule has 6 aromatic rings. The van der Waals surface area contributed by atoms with Crippen LogP contribution in [0.3, 0.4) is 0 Å². The highest BCUT2D eigenvalue weighted by Crippen LogP contribution is 2.31. The summed E-state index contributed by atoms with van der Waals surface area (Å²) in [4.78, 5) is 0. The van der Waals surface area contributed by atoms with Crippen LogP contribution < -0.4 is 26.4 Å². The Labute approximate surface area is 335 Å². The molecule has 22 heteroatoms. The van der Waals surface area contributed by atoms with Crippen molar-refractivity contribution in [3.05, 3.63) is 182 Å². The second kappa shape index (κ2) is 17.0. The Morgan fingerprint density at radius 1 is 0.339 bits per heavy atom. The molecule has 0 aliphatic rings. The molecular weight excluding hydrogens is 885 g/mol. The largest absolute Gasteiger partial charge is 0.207 e. The Morgan fingerprint density at radius 2 is 0.581 bits per heavy atom. The van der Waals surface area contributed by atoms with Crippen LogP contribution in [0.25, 0.3) is 0 Å². The third-order valence-electron chi connectivity index (χ3n) is 9.61. The van der Waals surface area contributed by atoms with E-state index in [1.165, 1.54) is 11.3 Å². The van der Waals surface area contributed by atoms with Crippen molar-refractivity contribution >= 4 is 28.0 Å². The lowest BCUT2D eigenvalue weighted by Gasteiger charge is -2.44. The maximum absolute atomic E-state index is 15.4. The van der Waals surface area contributed by atoms with Gasteiger partial charge in [-0.1, -0.05) is 57.2 Å². The van der Waals surface area contributed by atoms with Crippen molar-refractivity contribution < 1.29 is 92.4 Å². The Bertz CT molecular complexity index is 2370. The molecule has 0 aliphatic carbocycles. The van der Waals surface area contributed by atoms with Crippen molar-refractivity contribution in [3.8, 4) is 0 Å². The van der Waals surface area contributed by atoms with Crippen LogP contribution in [0.5, 0.6) is 0 Å². The fourth-order valence-corrected chi connectivity index (χ4v) is 6.95. The SMILES string of the molecule is CC(C)(C)c1cccc[n+]1Cc1ccccc1.Fc1c(F)c(F)c([B-](c2c(F)c(F)c(F)c(F)c2F)(c2c(F)c(F)c(F)c(F)c2F)c2c(F)c(F)c(F)c(F)c2F)c(F)c1F. The van der Waals surface area contributed by atoms with Gasteiger partial charge in [-0.3, -0.25) is 0 Å². The van der Waals surface area contributed by atoms with Crippen molar-refractivity contribution in [3.63, 3.8) is 0 Å². The van der Waals surface area contributed by atoms with E-state index in [0.717, 1.165) is 6.54 Å². The van der Waals surface area contributed by atoms with Crippen LogP contribution in [0, 0.1) is 116 Å². The summed E-state index contributed by atoms with van der Waals surface area (Å²) in [5.74, 6) is -71.4. The minimum Gasteiger partial charge on any atom is -0.207 e. The predicted molar refractivity (Wildman–Crippen MR) is 180 cm³/mol. The highest BCUT2D eigenvalue weighted by Gasteiger charge is 2.52.